The molecule has 2 aromatic heterocycles. The number of rotatable bonds is 6. The van der Waals surface area contributed by atoms with Crippen molar-refractivity contribution in [3.8, 4) is 5.88 Å². The van der Waals surface area contributed by atoms with Gasteiger partial charge in [-0.1, -0.05) is 6.07 Å². The summed E-state index contributed by atoms with van der Waals surface area (Å²) in [5, 5.41) is 12.8. The van der Waals surface area contributed by atoms with Crippen LogP contribution in [0.1, 0.15) is 16.1 Å². The van der Waals surface area contributed by atoms with Gasteiger partial charge in [-0.25, -0.2) is 4.98 Å². The first kappa shape index (κ1) is 17.2. The highest BCUT2D eigenvalue weighted by atomic mass is 19.4. The number of hydrogen-bond acceptors (Lipinski definition) is 6. The van der Waals surface area contributed by atoms with E-state index in [1.54, 1.807) is 0 Å². The van der Waals surface area contributed by atoms with Gasteiger partial charge >= 0.3 is 12.1 Å². The molecule has 0 atom stereocenters. The molecule has 1 amide bonds. The number of halogens is 3. The number of ether oxygens (including phenoxy) is 1. The van der Waals surface area contributed by atoms with Gasteiger partial charge in [-0.05, 0) is 12.1 Å². The number of amides is 1. The van der Waals surface area contributed by atoms with Crippen LogP contribution >= 0.6 is 0 Å². The highest BCUT2D eigenvalue weighted by molar-refractivity contribution is 5.91. The molecule has 0 saturated heterocycles. The Morgan fingerprint density at radius 2 is 2.12 bits per heavy atom. The Morgan fingerprint density at radius 1 is 1.38 bits per heavy atom. The van der Waals surface area contributed by atoms with E-state index in [2.05, 4.69) is 15.0 Å². The zero-order valence-electron chi connectivity index (χ0n) is 11.9. The Balaban J connectivity index is 2.00. The summed E-state index contributed by atoms with van der Waals surface area (Å²) in [6.07, 6.45) is -3.28. The molecule has 2 aromatic rings. The van der Waals surface area contributed by atoms with Crippen molar-refractivity contribution in [2.75, 3.05) is 6.61 Å². The van der Waals surface area contributed by atoms with Crippen LogP contribution in [0.25, 0.3) is 0 Å². The fraction of sp³-hybridized carbons (Fsp3) is 0.231. The number of nitro groups is 1. The number of carbonyl (C=O) groups is 1. The Labute approximate surface area is 132 Å². The number of nitrogens with zero attached hydrogens (tertiary/aromatic N) is 2. The van der Waals surface area contributed by atoms with Gasteiger partial charge in [-0.3, -0.25) is 14.9 Å². The van der Waals surface area contributed by atoms with Gasteiger partial charge in [0.25, 0.3) is 5.91 Å². The fourth-order valence-corrected chi connectivity index (χ4v) is 1.65. The van der Waals surface area contributed by atoms with E-state index in [0.717, 1.165) is 12.1 Å². The van der Waals surface area contributed by atoms with Crippen molar-refractivity contribution in [1.29, 1.82) is 0 Å². The van der Waals surface area contributed by atoms with Crippen molar-refractivity contribution < 1.29 is 32.0 Å². The van der Waals surface area contributed by atoms with E-state index in [1.165, 1.54) is 18.3 Å². The SMILES string of the molecule is O=C(NCc1cccnc1OCC(F)(F)F)c1ccc([N+](=O)[O-])o1. The summed E-state index contributed by atoms with van der Waals surface area (Å²) in [6, 6.07) is 5.00. The Hall–Kier alpha value is -3.11. The van der Waals surface area contributed by atoms with Crippen molar-refractivity contribution in [2.24, 2.45) is 0 Å². The van der Waals surface area contributed by atoms with Crippen LogP contribution in [0.15, 0.2) is 34.9 Å². The van der Waals surface area contributed by atoms with Crippen LogP contribution in [0.4, 0.5) is 19.1 Å². The van der Waals surface area contributed by atoms with Gasteiger partial charge in [0.1, 0.15) is 4.92 Å². The van der Waals surface area contributed by atoms with Crippen LogP contribution in [0.3, 0.4) is 0 Å². The monoisotopic (exact) mass is 345 g/mol. The first-order chi connectivity index (χ1) is 11.3. The maximum absolute atomic E-state index is 12.2. The molecule has 0 fully saturated rings. The predicted molar refractivity (Wildman–Crippen MR) is 72.3 cm³/mol. The largest absolute Gasteiger partial charge is 0.468 e. The summed E-state index contributed by atoms with van der Waals surface area (Å²) in [5.74, 6) is -1.95. The van der Waals surface area contributed by atoms with Gasteiger partial charge in [0.2, 0.25) is 5.88 Å². The van der Waals surface area contributed by atoms with E-state index < -0.39 is 29.5 Å². The van der Waals surface area contributed by atoms with Crippen LogP contribution in [-0.4, -0.2) is 28.6 Å². The van der Waals surface area contributed by atoms with Crippen molar-refractivity contribution in [1.82, 2.24) is 10.3 Å². The summed E-state index contributed by atoms with van der Waals surface area (Å²) in [6.45, 7) is -1.72. The Bertz CT molecular complexity index is 744. The molecule has 0 aliphatic carbocycles. The average Bonchev–Trinajstić information content (AvgIpc) is 3.01. The van der Waals surface area contributed by atoms with Crippen molar-refractivity contribution in [3.05, 3.63) is 51.9 Å². The number of alkyl halides is 3. The molecule has 0 saturated carbocycles. The molecule has 1 N–H and O–H groups in total. The number of carbonyl (C=O) groups excluding carboxylic acids is 1. The van der Waals surface area contributed by atoms with Crippen LogP contribution < -0.4 is 10.1 Å². The molecule has 0 aliphatic rings. The molecule has 24 heavy (non-hydrogen) atoms. The molecule has 2 rings (SSSR count). The molecular formula is C13H10F3N3O5. The number of hydrogen-bond donors (Lipinski definition) is 1. The summed E-state index contributed by atoms with van der Waals surface area (Å²) in [5.41, 5.74) is 0.205. The van der Waals surface area contributed by atoms with Crippen molar-refractivity contribution in [2.45, 2.75) is 12.7 Å². The molecule has 2 heterocycles. The van der Waals surface area contributed by atoms with E-state index in [1.807, 2.05) is 0 Å². The van der Waals surface area contributed by atoms with Crippen LogP contribution in [0, 0.1) is 10.1 Å². The van der Waals surface area contributed by atoms with Crippen LogP contribution in [0.2, 0.25) is 0 Å². The van der Waals surface area contributed by atoms with E-state index in [-0.39, 0.29) is 23.7 Å². The zero-order valence-corrected chi connectivity index (χ0v) is 11.9. The van der Waals surface area contributed by atoms with Gasteiger partial charge in [-0.15, -0.1) is 0 Å². The summed E-state index contributed by atoms with van der Waals surface area (Å²) in [4.78, 5) is 25.2. The molecule has 0 bridgehead atoms. The maximum Gasteiger partial charge on any atom is 0.433 e. The maximum atomic E-state index is 12.2. The summed E-state index contributed by atoms with van der Waals surface area (Å²) >= 11 is 0. The van der Waals surface area contributed by atoms with Crippen molar-refractivity contribution >= 4 is 11.8 Å². The second kappa shape index (κ2) is 6.98. The Kier molecular flexibility index (Phi) is 5.02. The lowest BCUT2D eigenvalue weighted by Crippen LogP contribution is -2.24. The normalized spacial score (nSPS) is 11.1. The van der Waals surface area contributed by atoms with E-state index in [0.29, 0.717) is 0 Å². The van der Waals surface area contributed by atoms with E-state index in [9.17, 15) is 28.1 Å². The number of pyridine rings is 1. The van der Waals surface area contributed by atoms with E-state index in [4.69, 9.17) is 4.42 Å². The topological polar surface area (TPSA) is 108 Å². The molecule has 8 nitrogen and oxygen atoms in total. The van der Waals surface area contributed by atoms with Gasteiger partial charge in [0.05, 0.1) is 6.07 Å². The minimum Gasteiger partial charge on any atom is -0.468 e. The highest BCUT2D eigenvalue weighted by Gasteiger charge is 2.29. The predicted octanol–water partition coefficient (Wildman–Crippen LogP) is 2.45. The second-order valence-corrected chi connectivity index (χ2v) is 4.45. The molecule has 11 heteroatoms. The minimum atomic E-state index is -4.52. The van der Waals surface area contributed by atoms with Crippen LogP contribution in [-0.2, 0) is 6.54 Å². The number of furan rings is 1. The zero-order chi connectivity index (χ0) is 17.7. The average molecular weight is 345 g/mol. The van der Waals surface area contributed by atoms with Crippen molar-refractivity contribution in [3.63, 3.8) is 0 Å². The van der Waals surface area contributed by atoms with Gasteiger partial charge < -0.3 is 14.5 Å². The van der Waals surface area contributed by atoms with Gasteiger partial charge in [0.15, 0.2) is 12.4 Å². The third kappa shape index (κ3) is 4.69. The van der Waals surface area contributed by atoms with E-state index >= 15 is 0 Å². The van der Waals surface area contributed by atoms with Gasteiger partial charge in [-0.2, -0.15) is 13.2 Å². The third-order valence-corrected chi connectivity index (χ3v) is 2.66. The summed E-state index contributed by atoms with van der Waals surface area (Å²) < 4.78 is 45.8. The molecule has 0 unspecified atom stereocenters. The standard InChI is InChI=1S/C13H10F3N3O5/c14-13(15,16)7-23-12-8(2-1-5-17-12)6-18-11(20)9-3-4-10(24-9)19(21)22/h1-5H,6-7H2,(H,18,20). The van der Waals surface area contributed by atoms with Gasteiger partial charge in [0, 0.05) is 18.3 Å². The van der Waals surface area contributed by atoms with Crippen LogP contribution in [0.5, 0.6) is 5.88 Å². The third-order valence-electron chi connectivity index (χ3n) is 2.66. The Morgan fingerprint density at radius 3 is 2.75 bits per heavy atom. The lowest BCUT2D eigenvalue weighted by molar-refractivity contribution is -0.402. The molecule has 0 aromatic carbocycles. The summed E-state index contributed by atoms with van der Waals surface area (Å²) in [7, 11) is 0. The minimum absolute atomic E-state index is 0.200. The quantitative estimate of drug-likeness (QED) is 0.636. The molecule has 128 valence electrons. The lowest BCUT2D eigenvalue weighted by Gasteiger charge is -2.12. The molecule has 0 aliphatic heterocycles. The molecule has 0 spiro atoms. The number of nitrogens with one attached hydrogen (secondary N) is 1. The highest BCUT2D eigenvalue weighted by Crippen LogP contribution is 2.20. The molecule has 0 radical (unpaired) electrons. The first-order valence-corrected chi connectivity index (χ1v) is 6.42. The smallest absolute Gasteiger partial charge is 0.433 e. The fourth-order valence-electron chi connectivity index (χ4n) is 1.65. The number of aromatic nitrogens is 1. The lowest BCUT2D eigenvalue weighted by atomic mass is 10.2. The molecular weight excluding hydrogens is 335 g/mol. The first-order valence-electron chi connectivity index (χ1n) is 6.42. The second-order valence-electron chi connectivity index (χ2n) is 4.45.